The lowest BCUT2D eigenvalue weighted by Crippen LogP contribution is -2.25. The van der Waals surface area contributed by atoms with Crippen LogP contribution in [0.5, 0.6) is 0 Å². The molecule has 9 heteroatoms. The van der Waals surface area contributed by atoms with Crippen molar-refractivity contribution in [2.45, 2.75) is 37.8 Å². The van der Waals surface area contributed by atoms with Crippen molar-refractivity contribution in [2.24, 2.45) is 0 Å². The smallest absolute Gasteiger partial charge is 0.416 e. The molecule has 2 atom stereocenters. The maximum Gasteiger partial charge on any atom is 0.416 e. The lowest BCUT2D eigenvalue weighted by Gasteiger charge is -2.27. The van der Waals surface area contributed by atoms with E-state index in [-0.39, 0.29) is 11.3 Å². The van der Waals surface area contributed by atoms with Crippen LogP contribution in [0.4, 0.5) is 13.2 Å². The highest BCUT2D eigenvalue weighted by Crippen LogP contribution is 2.34. The number of carboxylic acid groups (broad SMARTS) is 1. The standard InChI is InChI=1S/C17H16F3NO5/c18-17(19,20)11-6-4-10(5-7-11)15(26-13-3-1-2-8-24-13)14-12(16(22)23)9-25-21-14/h4-7,9,13,15H,1-3,8H2,(H,22,23)/t13-,15-/m0/s1. The summed E-state index contributed by atoms with van der Waals surface area (Å²) in [6.45, 7) is 0.495. The van der Waals surface area contributed by atoms with Gasteiger partial charge >= 0.3 is 12.1 Å². The number of rotatable bonds is 5. The summed E-state index contributed by atoms with van der Waals surface area (Å²) in [5.74, 6) is -1.27. The Labute approximate surface area is 146 Å². The maximum atomic E-state index is 12.8. The van der Waals surface area contributed by atoms with Gasteiger partial charge in [0.25, 0.3) is 0 Å². The average molecular weight is 371 g/mol. The van der Waals surface area contributed by atoms with E-state index in [4.69, 9.17) is 14.0 Å². The first-order valence-electron chi connectivity index (χ1n) is 7.98. The molecule has 1 saturated heterocycles. The second-order valence-corrected chi connectivity index (χ2v) is 5.85. The van der Waals surface area contributed by atoms with Crippen molar-refractivity contribution in [3.63, 3.8) is 0 Å². The van der Waals surface area contributed by atoms with Crippen LogP contribution in [0.25, 0.3) is 0 Å². The Hall–Kier alpha value is -2.39. The van der Waals surface area contributed by atoms with Crippen molar-refractivity contribution in [1.82, 2.24) is 5.16 Å². The summed E-state index contributed by atoms with van der Waals surface area (Å²) in [6.07, 6.45) is -2.79. The molecule has 0 radical (unpaired) electrons. The lowest BCUT2D eigenvalue weighted by atomic mass is 10.0. The summed E-state index contributed by atoms with van der Waals surface area (Å²) >= 11 is 0. The van der Waals surface area contributed by atoms with Crippen LogP contribution in [-0.4, -0.2) is 29.1 Å². The first kappa shape index (κ1) is 18.4. The molecule has 1 aliphatic rings. The zero-order chi connectivity index (χ0) is 18.7. The Kier molecular flexibility index (Phi) is 5.28. The quantitative estimate of drug-likeness (QED) is 0.855. The van der Waals surface area contributed by atoms with Crippen LogP contribution in [0.2, 0.25) is 0 Å². The Balaban J connectivity index is 1.94. The maximum absolute atomic E-state index is 12.8. The van der Waals surface area contributed by atoms with E-state index in [1.54, 1.807) is 0 Å². The molecule has 0 bridgehead atoms. The second kappa shape index (κ2) is 7.46. The van der Waals surface area contributed by atoms with Gasteiger partial charge in [0.1, 0.15) is 23.6 Å². The molecule has 0 unspecified atom stereocenters. The molecule has 2 aromatic rings. The summed E-state index contributed by atoms with van der Waals surface area (Å²) in [4.78, 5) is 11.4. The number of benzene rings is 1. The molecule has 1 fully saturated rings. The number of carboxylic acids is 1. The van der Waals surface area contributed by atoms with E-state index in [0.29, 0.717) is 18.6 Å². The number of ether oxygens (including phenoxy) is 2. The van der Waals surface area contributed by atoms with Gasteiger partial charge in [-0.05, 0) is 37.0 Å². The SMILES string of the molecule is O=C(O)c1conc1[C@@H](O[C@H]1CCCCO1)c1ccc(C(F)(F)F)cc1. The minimum Gasteiger partial charge on any atom is -0.478 e. The molecule has 1 aromatic carbocycles. The van der Waals surface area contributed by atoms with Crippen LogP contribution in [-0.2, 0) is 15.7 Å². The van der Waals surface area contributed by atoms with Crippen molar-refractivity contribution in [1.29, 1.82) is 0 Å². The number of halogens is 3. The van der Waals surface area contributed by atoms with Gasteiger partial charge in [-0.25, -0.2) is 4.79 Å². The molecule has 0 saturated carbocycles. The summed E-state index contributed by atoms with van der Waals surface area (Å²) in [6, 6.07) is 4.29. The van der Waals surface area contributed by atoms with E-state index >= 15 is 0 Å². The molecule has 0 spiro atoms. The van der Waals surface area contributed by atoms with E-state index in [2.05, 4.69) is 5.16 Å². The summed E-state index contributed by atoms with van der Waals surface area (Å²) < 4.78 is 54.4. The van der Waals surface area contributed by atoms with Gasteiger partial charge in [-0.1, -0.05) is 17.3 Å². The van der Waals surface area contributed by atoms with Crippen molar-refractivity contribution in [2.75, 3.05) is 6.61 Å². The largest absolute Gasteiger partial charge is 0.478 e. The van der Waals surface area contributed by atoms with Crippen molar-refractivity contribution in [3.8, 4) is 0 Å². The zero-order valence-corrected chi connectivity index (χ0v) is 13.5. The highest BCUT2D eigenvalue weighted by Gasteiger charge is 2.32. The van der Waals surface area contributed by atoms with Gasteiger partial charge < -0.3 is 19.1 Å². The number of carbonyl (C=O) groups is 1. The number of aromatic carboxylic acids is 1. The van der Waals surface area contributed by atoms with Gasteiger partial charge in [-0.15, -0.1) is 0 Å². The van der Waals surface area contributed by atoms with Gasteiger partial charge in [-0.3, -0.25) is 0 Å². The highest BCUT2D eigenvalue weighted by molar-refractivity contribution is 5.88. The normalized spacial score (nSPS) is 19.3. The topological polar surface area (TPSA) is 81.8 Å². The van der Waals surface area contributed by atoms with Gasteiger partial charge in [0.2, 0.25) is 0 Å². The minimum atomic E-state index is -4.47. The van der Waals surface area contributed by atoms with Crippen LogP contribution >= 0.6 is 0 Å². The lowest BCUT2D eigenvalue weighted by molar-refractivity contribution is -0.182. The fraction of sp³-hybridized carbons (Fsp3) is 0.412. The molecule has 0 aliphatic carbocycles. The summed E-state index contributed by atoms with van der Waals surface area (Å²) in [7, 11) is 0. The molecule has 140 valence electrons. The molecule has 1 aliphatic heterocycles. The Morgan fingerprint density at radius 1 is 1.27 bits per heavy atom. The average Bonchev–Trinajstić information content (AvgIpc) is 3.10. The Morgan fingerprint density at radius 2 is 2.00 bits per heavy atom. The molecule has 0 amide bonds. The highest BCUT2D eigenvalue weighted by atomic mass is 19.4. The minimum absolute atomic E-state index is 0.0218. The van der Waals surface area contributed by atoms with E-state index in [1.807, 2.05) is 0 Å². The van der Waals surface area contributed by atoms with Gasteiger partial charge in [0, 0.05) is 6.61 Å². The number of nitrogens with zero attached hydrogens (tertiary/aromatic N) is 1. The molecule has 3 rings (SSSR count). The van der Waals surface area contributed by atoms with Crippen LogP contribution in [0, 0.1) is 0 Å². The number of hydrogen-bond acceptors (Lipinski definition) is 5. The molecule has 26 heavy (non-hydrogen) atoms. The Bertz CT molecular complexity index is 751. The first-order chi connectivity index (χ1) is 12.4. The molecule has 1 N–H and O–H groups in total. The van der Waals surface area contributed by atoms with Crippen molar-refractivity contribution < 1.29 is 37.1 Å². The van der Waals surface area contributed by atoms with Crippen LogP contribution < -0.4 is 0 Å². The molecule has 2 heterocycles. The first-order valence-corrected chi connectivity index (χ1v) is 7.98. The predicted octanol–water partition coefficient (Wildman–Crippen LogP) is 4.02. The summed E-state index contributed by atoms with van der Waals surface area (Å²) in [5.41, 5.74) is -0.728. The number of alkyl halides is 3. The molecule has 6 nitrogen and oxygen atoms in total. The van der Waals surface area contributed by atoms with Crippen LogP contribution in [0.3, 0.4) is 0 Å². The Morgan fingerprint density at radius 3 is 2.58 bits per heavy atom. The van der Waals surface area contributed by atoms with E-state index in [1.165, 1.54) is 12.1 Å². The van der Waals surface area contributed by atoms with Gasteiger partial charge in [-0.2, -0.15) is 13.2 Å². The fourth-order valence-corrected chi connectivity index (χ4v) is 2.71. The van der Waals surface area contributed by atoms with Crippen molar-refractivity contribution in [3.05, 3.63) is 52.9 Å². The fourth-order valence-electron chi connectivity index (χ4n) is 2.71. The molecular formula is C17H16F3NO5. The monoisotopic (exact) mass is 371 g/mol. The number of aromatic nitrogens is 1. The zero-order valence-electron chi connectivity index (χ0n) is 13.5. The second-order valence-electron chi connectivity index (χ2n) is 5.85. The third-order valence-corrected chi connectivity index (χ3v) is 4.04. The van der Waals surface area contributed by atoms with E-state index < -0.39 is 30.1 Å². The van der Waals surface area contributed by atoms with Crippen LogP contribution in [0.1, 0.15) is 52.5 Å². The molecule has 1 aromatic heterocycles. The number of hydrogen-bond donors (Lipinski definition) is 1. The van der Waals surface area contributed by atoms with E-state index in [0.717, 1.165) is 31.2 Å². The van der Waals surface area contributed by atoms with Gasteiger partial charge in [0.15, 0.2) is 6.29 Å². The molecular weight excluding hydrogens is 355 g/mol. The third-order valence-electron chi connectivity index (χ3n) is 4.04. The summed E-state index contributed by atoms with van der Waals surface area (Å²) in [5, 5.41) is 13.0. The van der Waals surface area contributed by atoms with Crippen LogP contribution in [0.15, 0.2) is 35.1 Å². The third kappa shape index (κ3) is 4.05. The van der Waals surface area contributed by atoms with Gasteiger partial charge in [0.05, 0.1) is 5.56 Å². The predicted molar refractivity (Wildman–Crippen MR) is 81.4 cm³/mol. The van der Waals surface area contributed by atoms with Crippen molar-refractivity contribution >= 4 is 5.97 Å². The van der Waals surface area contributed by atoms with E-state index in [9.17, 15) is 23.1 Å².